The van der Waals surface area contributed by atoms with Gasteiger partial charge in [0.1, 0.15) is 5.76 Å². The van der Waals surface area contributed by atoms with Crippen molar-refractivity contribution in [3.05, 3.63) is 46.8 Å². The van der Waals surface area contributed by atoms with Gasteiger partial charge in [-0.2, -0.15) is 0 Å². The molecule has 4 nitrogen and oxygen atoms in total. The Kier molecular flexibility index (Phi) is 3.30. The molecule has 1 aliphatic rings. The number of carbonyl (C=O) groups is 1. The minimum Gasteiger partial charge on any atom is -0.360 e. The summed E-state index contributed by atoms with van der Waals surface area (Å²) >= 11 is 0. The second kappa shape index (κ2) is 5.12. The van der Waals surface area contributed by atoms with Crippen LogP contribution in [0.25, 0.3) is 0 Å². The van der Waals surface area contributed by atoms with E-state index < -0.39 is 0 Å². The van der Waals surface area contributed by atoms with Gasteiger partial charge in [-0.1, -0.05) is 29.8 Å². The highest BCUT2D eigenvalue weighted by Gasteiger charge is 2.26. The molecule has 1 N–H and O–H groups in total. The summed E-state index contributed by atoms with van der Waals surface area (Å²) < 4.78 is 5.30. The summed E-state index contributed by atoms with van der Waals surface area (Å²) in [4.78, 5) is 12.3. The van der Waals surface area contributed by atoms with E-state index in [2.05, 4.69) is 17.4 Å². The third-order valence-electron chi connectivity index (χ3n) is 3.81. The van der Waals surface area contributed by atoms with Crippen LogP contribution in [0.5, 0.6) is 0 Å². The van der Waals surface area contributed by atoms with Gasteiger partial charge >= 0.3 is 0 Å². The highest BCUT2D eigenvalue weighted by atomic mass is 16.5. The minimum absolute atomic E-state index is 0.187. The van der Waals surface area contributed by atoms with Crippen LogP contribution in [0, 0.1) is 12.8 Å². The van der Waals surface area contributed by atoms with E-state index in [0.29, 0.717) is 11.6 Å². The third-order valence-corrected chi connectivity index (χ3v) is 3.81. The fourth-order valence-electron chi connectivity index (χ4n) is 2.58. The standard InChI is InChI=1S/C16H18N2O2/c1-10-3-6-12(7-4-10)17-16(19)15-13-9-11(2)5-8-14(13)20-18-15/h3-4,6-7,11H,5,8-9H2,1-2H3,(H,17,19)/t11-/m1/s1. The van der Waals surface area contributed by atoms with Crippen LogP contribution in [0.3, 0.4) is 0 Å². The van der Waals surface area contributed by atoms with Crippen molar-refractivity contribution in [2.24, 2.45) is 5.92 Å². The van der Waals surface area contributed by atoms with Crippen LogP contribution in [0.4, 0.5) is 5.69 Å². The van der Waals surface area contributed by atoms with Crippen LogP contribution in [-0.2, 0) is 12.8 Å². The minimum atomic E-state index is -0.187. The maximum Gasteiger partial charge on any atom is 0.278 e. The van der Waals surface area contributed by atoms with Crippen LogP contribution in [0.15, 0.2) is 28.8 Å². The summed E-state index contributed by atoms with van der Waals surface area (Å²) in [5.41, 5.74) is 3.36. The second-order valence-corrected chi connectivity index (χ2v) is 5.60. The molecule has 0 aliphatic heterocycles. The normalized spacial score (nSPS) is 17.6. The number of fused-ring (bicyclic) bond motifs is 1. The lowest BCUT2D eigenvalue weighted by Crippen LogP contribution is -2.17. The zero-order valence-electron chi connectivity index (χ0n) is 11.8. The van der Waals surface area contributed by atoms with Crippen LogP contribution in [-0.4, -0.2) is 11.1 Å². The average Bonchev–Trinajstić information content (AvgIpc) is 2.84. The monoisotopic (exact) mass is 270 g/mol. The van der Waals surface area contributed by atoms with Crippen molar-refractivity contribution in [3.8, 4) is 0 Å². The number of anilines is 1. The molecular weight excluding hydrogens is 252 g/mol. The number of benzene rings is 1. The number of aromatic nitrogens is 1. The van der Waals surface area contributed by atoms with Crippen molar-refractivity contribution in [1.29, 1.82) is 0 Å². The van der Waals surface area contributed by atoms with Crippen molar-refractivity contribution in [2.45, 2.75) is 33.1 Å². The fraction of sp³-hybridized carbons (Fsp3) is 0.375. The van der Waals surface area contributed by atoms with Gasteiger partial charge < -0.3 is 9.84 Å². The Bertz CT molecular complexity index is 628. The van der Waals surface area contributed by atoms with E-state index in [4.69, 9.17) is 4.52 Å². The number of rotatable bonds is 2. The summed E-state index contributed by atoms with van der Waals surface area (Å²) in [5.74, 6) is 1.26. The Hall–Kier alpha value is -2.10. The predicted molar refractivity (Wildman–Crippen MR) is 76.8 cm³/mol. The molecule has 1 aromatic heterocycles. The van der Waals surface area contributed by atoms with Gasteiger partial charge in [-0.3, -0.25) is 4.79 Å². The smallest absolute Gasteiger partial charge is 0.278 e. The van der Waals surface area contributed by atoms with Crippen LogP contribution < -0.4 is 5.32 Å². The maximum absolute atomic E-state index is 12.3. The molecular formula is C16H18N2O2. The number of hydrogen-bond donors (Lipinski definition) is 1. The van der Waals surface area contributed by atoms with Crippen molar-refractivity contribution in [2.75, 3.05) is 5.32 Å². The Labute approximate surface area is 118 Å². The van der Waals surface area contributed by atoms with Crippen molar-refractivity contribution >= 4 is 11.6 Å². The molecule has 104 valence electrons. The Morgan fingerprint density at radius 3 is 2.85 bits per heavy atom. The first kappa shape index (κ1) is 12.9. The Morgan fingerprint density at radius 1 is 1.35 bits per heavy atom. The number of aryl methyl sites for hydroxylation is 2. The van der Waals surface area contributed by atoms with Crippen LogP contribution >= 0.6 is 0 Å². The molecule has 2 aromatic rings. The highest BCUT2D eigenvalue weighted by molar-refractivity contribution is 6.03. The van der Waals surface area contributed by atoms with E-state index in [9.17, 15) is 4.79 Å². The molecule has 0 bridgehead atoms. The van der Waals surface area contributed by atoms with E-state index in [-0.39, 0.29) is 5.91 Å². The SMILES string of the molecule is Cc1ccc(NC(=O)c2noc3c2C[C@H](C)CC3)cc1. The molecule has 0 radical (unpaired) electrons. The topological polar surface area (TPSA) is 55.1 Å². The Balaban J connectivity index is 1.81. The number of nitrogens with one attached hydrogen (secondary N) is 1. The molecule has 4 heteroatoms. The summed E-state index contributed by atoms with van der Waals surface area (Å²) in [7, 11) is 0. The summed E-state index contributed by atoms with van der Waals surface area (Å²) in [6, 6.07) is 7.72. The van der Waals surface area contributed by atoms with Gasteiger partial charge in [0, 0.05) is 17.7 Å². The van der Waals surface area contributed by atoms with Crippen molar-refractivity contribution in [3.63, 3.8) is 0 Å². The first-order valence-corrected chi connectivity index (χ1v) is 6.99. The van der Waals surface area contributed by atoms with E-state index in [1.807, 2.05) is 31.2 Å². The van der Waals surface area contributed by atoms with Crippen molar-refractivity contribution in [1.82, 2.24) is 5.16 Å². The third kappa shape index (κ3) is 2.46. The molecule has 0 fully saturated rings. The Morgan fingerprint density at radius 2 is 2.10 bits per heavy atom. The van der Waals surface area contributed by atoms with E-state index in [0.717, 1.165) is 41.8 Å². The first-order chi connectivity index (χ1) is 9.63. The molecule has 0 spiro atoms. The molecule has 20 heavy (non-hydrogen) atoms. The van der Waals surface area contributed by atoms with Gasteiger partial charge in [0.05, 0.1) is 0 Å². The molecule has 3 rings (SSSR count). The van der Waals surface area contributed by atoms with Gasteiger partial charge in [0.2, 0.25) is 0 Å². The number of nitrogens with zero attached hydrogens (tertiary/aromatic N) is 1. The van der Waals surface area contributed by atoms with E-state index >= 15 is 0 Å². The largest absolute Gasteiger partial charge is 0.360 e. The zero-order valence-corrected chi connectivity index (χ0v) is 11.8. The van der Waals surface area contributed by atoms with Gasteiger partial charge in [-0.05, 0) is 37.8 Å². The predicted octanol–water partition coefficient (Wildman–Crippen LogP) is 3.36. The van der Waals surface area contributed by atoms with Gasteiger partial charge in [0.25, 0.3) is 5.91 Å². The molecule has 1 amide bonds. The summed E-state index contributed by atoms with van der Waals surface area (Å²) in [5, 5.41) is 6.83. The first-order valence-electron chi connectivity index (χ1n) is 6.99. The van der Waals surface area contributed by atoms with E-state index in [1.165, 1.54) is 0 Å². The van der Waals surface area contributed by atoms with Gasteiger partial charge in [0.15, 0.2) is 5.69 Å². The van der Waals surface area contributed by atoms with Crippen molar-refractivity contribution < 1.29 is 9.32 Å². The molecule has 1 atom stereocenters. The van der Waals surface area contributed by atoms with Crippen LogP contribution in [0.1, 0.15) is 40.7 Å². The number of carbonyl (C=O) groups excluding carboxylic acids is 1. The second-order valence-electron chi connectivity index (χ2n) is 5.60. The molecule has 0 saturated carbocycles. The molecule has 1 aliphatic carbocycles. The van der Waals surface area contributed by atoms with Crippen LogP contribution in [0.2, 0.25) is 0 Å². The zero-order chi connectivity index (χ0) is 14.1. The molecule has 1 heterocycles. The summed E-state index contributed by atoms with van der Waals surface area (Å²) in [6.45, 7) is 4.21. The number of amides is 1. The number of hydrogen-bond acceptors (Lipinski definition) is 3. The summed E-state index contributed by atoms with van der Waals surface area (Å²) in [6.07, 6.45) is 2.85. The van der Waals surface area contributed by atoms with E-state index in [1.54, 1.807) is 0 Å². The molecule has 1 aromatic carbocycles. The lowest BCUT2D eigenvalue weighted by molar-refractivity contribution is 0.101. The molecule has 0 unspecified atom stereocenters. The maximum atomic E-state index is 12.3. The van der Waals surface area contributed by atoms with Gasteiger partial charge in [-0.15, -0.1) is 0 Å². The fourth-order valence-corrected chi connectivity index (χ4v) is 2.58. The quantitative estimate of drug-likeness (QED) is 0.910. The molecule has 0 saturated heterocycles. The lowest BCUT2D eigenvalue weighted by Gasteiger charge is -2.16. The average molecular weight is 270 g/mol. The highest BCUT2D eigenvalue weighted by Crippen LogP contribution is 2.28. The lowest BCUT2D eigenvalue weighted by atomic mass is 9.88. The van der Waals surface area contributed by atoms with Gasteiger partial charge in [-0.25, -0.2) is 0 Å².